The van der Waals surface area contributed by atoms with E-state index in [1.54, 1.807) is 31.4 Å². The van der Waals surface area contributed by atoms with Crippen LogP contribution in [0.4, 0.5) is 5.69 Å². The molecule has 2 aromatic carbocycles. The SMILES string of the molecule is CCCCC(C=O)CS(=O)(=O)c1ccc([N+](=O)[O-])cc1Cc1ccc(OC)cc1. The normalized spacial score (nSPS) is 12.3. The van der Waals surface area contributed by atoms with Crippen molar-refractivity contribution in [3.05, 3.63) is 63.7 Å². The van der Waals surface area contributed by atoms with Crippen LogP contribution in [0.15, 0.2) is 47.4 Å². The molecular formula is C21H25NO6S. The molecule has 0 aliphatic heterocycles. The number of nitro groups is 1. The van der Waals surface area contributed by atoms with Crippen LogP contribution in [0.2, 0.25) is 0 Å². The van der Waals surface area contributed by atoms with Crippen LogP contribution in [0.3, 0.4) is 0 Å². The third-order valence-corrected chi connectivity index (χ3v) is 6.63. The highest BCUT2D eigenvalue weighted by Gasteiger charge is 2.25. The van der Waals surface area contributed by atoms with E-state index < -0.39 is 20.7 Å². The Labute approximate surface area is 170 Å². The Kier molecular flexibility index (Phi) is 7.90. The largest absolute Gasteiger partial charge is 0.497 e. The van der Waals surface area contributed by atoms with Gasteiger partial charge < -0.3 is 9.53 Å². The first-order chi connectivity index (χ1) is 13.8. The lowest BCUT2D eigenvalue weighted by Crippen LogP contribution is -2.19. The first-order valence-corrected chi connectivity index (χ1v) is 11.0. The van der Waals surface area contributed by atoms with Gasteiger partial charge in [0.1, 0.15) is 12.0 Å². The molecule has 0 N–H and O–H groups in total. The topological polar surface area (TPSA) is 104 Å². The van der Waals surface area contributed by atoms with Crippen LogP contribution in [0.5, 0.6) is 5.75 Å². The number of carbonyl (C=O) groups excluding carboxylic acids is 1. The number of non-ortho nitro benzene ring substituents is 1. The molecule has 7 nitrogen and oxygen atoms in total. The van der Waals surface area contributed by atoms with E-state index in [4.69, 9.17) is 4.74 Å². The standard InChI is InChI=1S/C21H25NO6S/c1-3-4-5-17(14-23)15-29(26,27)21-11-8-19(22(24)25)13-18(21)12-16-6-9-20(28-2)10-7-16/h6-11,13-14,17H,3-5,12,15H2,1-2H3. The van der Waals surface area contributed by atoms with Crippen molar-refractivity contribution in [1.82, 2.24) is 0 Å². The van der Waals surface area contributed by atoms with E-state index in [1.807, 2.05) is 6.92 Å². The first kappa shape index (κ1) is 22.5. The lowest BCUT2D eigenvalue weighted by molar-refractivity contribution is -0.385. The fourth-order valence-electron chi connectivity index (χ4n) is 3.11. The minimum Gasteiger partial charge on any atom is -0.497 e. The minimum atomic E-state index is -3.79. The van der Waals surface area contributed by atoms with Crippen LogP contribution in [-0.2, 0) is 21.1 Å². The van der Waals surface area contributed by atoms with Crippen molar-refractivity contribution in [3.8, 4) is 5.75 Å². The summed E-state index contributed by atoms with van der Waals surface area (Å²) in [4.78, 5) is 22.0. The zero-order valence-corrected chi connectivity index (χ0v) is 17.4. The van der Waals surface area contributed by atoms with E-state index >= 15 is 0 Å². The second kappa shape index (κ2) is 10.2. The van der Waals surface area contributed by atoms with Gasteiger partial charge in [-0.1, -0.05) is 31.9 Å². The molecule has 29 heavy (non-hydrogen) atoms. The first-order valence-electron chi connectivity index (χ1n) is 9.39. The molecule has 1 atom stereocenters. The molecule has 1 unspecified atom stereocenters. The smallest absolute Gasteiger partial charge is 0.269 e. The molecule has 0 bridgehead atoms. The van der Waals surface area contributed by atoms with Gasteiger partial charge in [-0.3, -0.25) is 10.1 Å². The van der Waals surface area contributed by atoms with Crippen LogP contribution < -0.4 is 4.74 Å². The number of aldehydes is 1. The fraction of sp³-hybridized carbons (Fsp3) is 0.381. The van der Waals surface area contributed by atoms with Crippen LogP contribution in [0.25, 0.3) is 0 Å². The maximum absolute atomic E-state index is 13.0. The van der Waals surface area contributed by atoms with Crippen LogP contribution in [0.1, 0.15) is 37.3 Å². The van der Waals surface area contributed by atoms with Crippen molar-refractivity contribution in [2.24, 2.45) is 5.92 Å². The molecule has 0 amide bonds. The summed E-state index contributed by atoms with van der Waals surface area (Å²) in [6.07, 6.45) is 3.02. The van der Waals surface area contributed by atoms with Gasteiger partial charge in [-0.2, -0.15) is 0 Å². The number of benzene rings is 2. The van der Waals surface area contributed by atoms with E-state index in [9.17, 15) is 23.3 Å². The van der Waals surface area contributed by atoms with E-state index in [2.05, 4.69) is 0 Å². The van der Waals surface area contributed by atoms with Gasteiger partial charge in [0.25, 0.3) is 5.69 Å². The van der Waals surface area contributed by atoms with Crippen molar-refractivity contribution >= 4 is 21.8 Å². The van der Waals surface area contributed by atoms with Gasteiger partial charge in [0, 0.05) is 18.1 Å². The molecule has 0 aromatic heterocycles. The van der Waals surface area contributed by atoms with E-state index in [0.29, 0.717) is 24.0 Å². The molecule has 156 valence electrons. The summed E-state index contributed by atoms with van der Waals surface area (Å²) in [5.74, 6) is -0.237. The van der Waals surface area contributed by atoms with Crippen LogP contribution >= 0.6 is 0 Å². The second-order valence-electron chi connectivity index (χ2n) is 6.89. The van der Waals surface area contributed by atoms with Crippen LogP contribution in [0, 0.1) is 16.0 Å². The molecule has 0 saturated heterocycles. The molecule has 0 spiro atoms. The molecule has 0 aliphatic carbocycles. The number of hydrogen-bond donors (Lipinski definition) is 0. The number of methoxy groups -OCH3 is 1. The molecule has 2 rings (SSSR count). The van der Waals surface area contributed by atoms with Crippen molar-refractivity contribution in [2.75, 3.05) is 12.9 Å². The van der Waals surface area contributed by atoms with Crippen LogP contribution in [-0.4, -0.2) is 32.5 Å². The summed E-state index contributed by atoms with van der Waals surface area (Å²) in [5, 5.41) is 11.2. The summed E-state index contributed by atoms with van der Waals surface area (Å²) in [6.45, 7) is 1.97. The number of unbranched alkanes of at least 4 members (excludes halogenated alkanes) is 1. The summed E-state index contributed by atoms with van der Waals surface area (Å²) in [7, 11) is -2.24. The second-order valence-corrected chi connectivity index (χ2v) is 8.90. The average molecular weight is 419 g/mol. The van der Waals surface area contributed by atoms with Gasteiger partial charge >= 0.3 is 0 Å². The third-order valence-electron chi connectivity index (χ3n) is 4.70. The third kappa shape index (κ3) is 6.12. The maximum atomic E-state index is 13.0. The number of hydrogen-bond acceptors (Lipinski definition) is 6. The Hall–Kier alpha value is -2.74. The average Bonchev–Trinajstić information content (AvgIpc) is 2.71. The van der Waals surface area contributed by atoms with Gasteiger partial charge in [-0.15, -0.1) is 0 Å². The predicted molar refractivity (Wildman–Crippen MR) is 110 cm³/mol. The van der Waals surface area contributed by atoms with Crippen molar-refractivity contribution in [2.45, 2.75) is 37.5 Å². The van der Waals surface area contributed by atoms with Crippen molar-refractivity contribution < 1.29 is 22.9 Å². The van der Waals surface area contributed by atoms with Crippen molar-refractivity contribution in [3.63, 3.8) is 0 Å². The Bertz CT molecular complexity index is 954. The lowest BCUT2D eigenvalue weighted by Gasteiger charge is -2.14. The zero-order chi connectivity index (χ0) is 21.4. The lowest BCUT2D eigenvalue weighted by atomic mass is 10.0. The van der Waals surface area contributed by atoms with E-state index in [1.165, 1.54) is 18.2 Å². The fourth-order valence-corrected chi connectivity index (χ4v) is 4.91. The Morgan fingerprint density at radius 3 is 2.41 bits per heavy atom. The van der Waals surface area contributed by atoms with Gasteiger partial charge in [0.15, 0.2) is 9.84 Å². The zero-order valence-electron chi connectivity index (χ0n) is 16.5. The van der Waals surface area contributed by atoms with Gasteiger partial charge in [-0.25, -0.2) is 8.42 Å². The van der Waals surface area contributed by atoms with Gasteiger partial charge in [0.05, 0.1) is 22.7 Å². The number of rotatable bonds is 11. The molecule has 2 aromatic rings. The summed E-state index contributed by atoms with van der Waals surface area (Å²) in [5.41, 5.74) is 0.954. The minimum absolute atomic E-state index is 0.0299. The maximum Gasteiger partial charge on any atom is 0.269 e. The van der Waals surface area contributed by atoms with Gasteiger partial charge in [0.2, 0.25) is 0 Å². The molecular weight excluding hydrogens is 394 g/mol. The highest BCUT2D eigenvalue weighted by Crippen LogP contribution is 2.27. The van der Waals surface area contributed by atoms with E-state index in [-0.39, 0.29) is 22.8 Å². The number of nitro benzene ring substituents is 1. The Balaban J connectivity index is 2.41. The Morgan fingerprint density at radius 2 is 1.86 bits per heavy atom. The predicted octanol–water partition coefficient (Wildman–Crippen LogP) is 3.97. The molecule has 0 saturated carbocycles. The summed E-state index contributed by atoms with van der Waals surface area (Å²) >= 11 is 0. The monoisotopic (exact) mass is 419 g/mol. The molecule has 8 heteroatoms. The summed E-state index contributed by atoms with van der Waals surface area (Å²) < 4.78 is 31.1. The quantitative estimate of drug-likeness (QED) is 0.310. The van der Waals surface area contributed by atoms with Gasteiger partial charge in [-0.05, 0) is 42.2 Å². The highest BCUT2D eigenvalue weighted by atomic mass is 32.2. The summed E-state index contributed by atoms with van der Waals surface area (Å²) in [6, 6.07) is 10.8. The number of ether oxygens (including phenoxy) is 1. The number of nitrogens with zero attached hydrogens (tertiary/aromatic N) is 1. The van der Waals surface area contributed by atoms with Crippen molar-refractivity contribution in [1.29, 1.82) is 0 Å². The molecule has 0 aliphatic rings. The molecule has 0 fully saturated rings. The number of sulfone groups is 1. The molecule has 0 radical (unpaired) electrons. The number of carbonyl (C=O) groups is 1. The Morgan fingerprint density at radius 1 is 1.17 bits per heavy atom. The highest BCUT2D eigenvalue weighted by molar-refractivity contribution is 7.91. The van der Waals surface area contributed by atoms with E-state index in [0.717, 1.165) is 18.4 Å². The molecule has 0 heterocycles.